The Bertz CT molecular complexity index is 5680. The maximum absolute atomic E-state index is 2.41. The lowest BCUT2D eigenvalue weighted by atomic mass is 9.91. The highest BCUT2D eigenvalue weighted by Crippen LogP contribution is 2.53. The van der Waals surface area contributed by atoms with Gasteiger partial charge in [-0.1, -0.05) is 243 Å². The number of nitrogens with zero attached hydrogens (tertiary/aromatic N) is 4. The topological polar surface area (TPSA) is 13.0 Å². The van der Waals surface area contributed by atoms with E-state index < -0.39 is 0 Å². The highest BCUT2D eigenvalue weighted by atomic mass is 15.2. The van der Waals surface area contributed by atoms with Crippen molar-refractivity contribution in [2.45, 2.75) is 0 Å². The van der Waals surface area contributed by atoms with Crippen molar-refractivity contribution in [2.24, 2.45) is 0 Å². The summed E-state index contributed by atoms with van der Waals surface area (Å²) < 4.78 is 0. The lowest BCUT2D eigenvalue weighted by Crippen LogP contribution is -2.15. The quantitative estimate of drug-likeness (QED) is 0.127. The Morgan fingerprint density at radius 1 is 0.167 bits per heavy atom. The van der Waals surface area contributed by atoms with Crippen molar-refractivity contribution >= 4 is 122 Å². The zero-order valence-corrected chi connectivity index (χ0v) is 52.6. The molecule has 0 spiro atoms. The number of rotatable bonds is 10. The normalized spacial score (nSPS) is 11.9. The highest BCUT2D eigenvalue weighted by Gasteiger charge is 2.28. The van der Waals surface area contributed by atoms with Gasteiger partial charge in [-0.05, 0) is 210 Å². The van der Waals surface area contributed by atoms with Crippen LogP contribution in [0.1, 0.15) is 0 Å². The summed E-state index contributed by atoms with van der Waals surface area (Å²) in [5.74, 6) is 0. The Morgan fingerprint density at radius 3 is 0.927 bits per heavy atom. The fourth-order valence-electron chi connectivity index (χ4n) is 14.7. The molecule has 450 valence electrons. The summed E-state index contributed by atoms with van der Waals surface area (Å²) in [4.78, 5) is 9.54. The number of fused-ring (bicyclic) bond motifs is 7. The van der Waals surface area contributed by atoms with Gasteiger partial charge in [0, 0.05) is 67.4 Å². The Kier molecular flexibility index (Phi) is 13.8. The molecule has 0 saturated heterocycles. The average molecular weight is 1220 g/mol. The molecular formula is C92H62N4. The molecule has 17 aromatic carbocycles. The van der Waals surface area contributed by atoms with Gasteiger partial charge in [0.1, 0.15) is 0 Å². The van der Waals surface area contributed by atoms with Gasteiger partial charge in [-0.2, -0.15) is 0 Å². The van der Waals surface area contributed by atoms with Crippen molar-refractivity contribution in [3.63, 3.8) is 0 Å². The Morgan fingerprint density at radius 2 is 0.458 bits per heavy atom. The molecule has 0 radical (unpaired) electrons. The molecule has 0 amide bonds. The van der Waals surface area contributed by atoms with Crippen molar-refractivity contribution < 1.29 is 0 Å². The van der Waals surface area contributed by atoms with Crippen LogP contribution in [-0.4, -0.2) is 0 Å². The predicted molar refractivity (Wildman–Crippen MR) is 408 cm³/mol. The number of benzene rings is 17. The Hall–Kier alpha value is -12.8. The van der Waals surface area contributed by atoms with Gasteiger partial charge in [0.2, 0.25) is 0 Å². The molecule has 0 fully saturated rings. The number of hydrogen-bond donors (Lipinski definition) is 0. The summed E-state index contributed by atoms with van der Waals surface area (Å²) in [6.07, 6.45) is 0. The molecule has 2 aliphatic rings. The second-order valence-corrected chi connectivity index (χ2v) is 24.9. The molecule has 2 heterocycles. The molecule has 96 heavy (non-hydrogen) atoms. The van der Waals surface area contributed by atoms with E-state index >= 15 is 0 Å². The Labute approximate surface area is 559 Å². The van der Waals surface area contributed by atoms with Gasteiger partial charge in [0.05, 0.1) is 22.7 Å². The highest BCUT2D eigenvalue weighted by molar-refractivity contribution is 6.15. The van der Waals surface area contributed by atoms with Gasteiger partial charge in [-0.3, -0.25) is 0 Å². The summed E-state index contributed by atoms with van der Waals surface area (Å²) in [6.45, 7) is 0. The molecule has 0 atom stereocenters. The van der Waals surface area contributed by atoms with Gasteiger partial charge < -0.3 is 19.6 Å². The average Bonchev–Trinajstić information content (AvgIpc) is 0.745. The summed E-state index contributed by atoms with van der Waals surface area (Å²) in [5.41, 5.74) is 23.7. The van der Waals surface area contributed by atoms with Gasteiger partial charge in [-0.15, -0.1) is 0 Å². The molecule has 4 heteroatoms. The van der Waals surface area contributed by atoms with Crippen LogP contribution in [0.25, 0.3) is 98.4 Å². The van der Waals surface area contributed by atoms with E-state index in [0.717, 1.165) is 45.5 Å². The van der Waals surface area contributed by atoms with E-state index in [9.17, 15) is 0 Å². The second-order valence-electron chi connectivity index (χ2n) is 24.9. The molecule has 0 aromatic heterocycles. The third-order valence-electron chi connectivity index (χ3n) is 19.3. The molecule has 0 bridgehead atoms. The summed E-state index contributed by atoms with van der Waals surface area (Å²) in [5, 5.41) is 12.5. The third kappa shape index (κ3) is 9.95. The first-order chi connectivity index (χ1) is 47.6. The molecular weight excluding hydrogens is 1160 g/mol. The van der Waals surface area contributed by atoms with Crippen LogP contribution < -0.4 is 19.6 Å². The monoisotopic (exact) mass is 1220 g/mol. The van der Waals surface area contributed by atoms with E-state index in [1.54, 1.807) is 0 Å². The second kappa shape index (κ2) is 23.7. The summed E-state index contributed by atoms with van der Waals surface area (Å²) >= 11 is 0. The molecule has 19 rings (SSSR count). The predicted octanol–water partition coefficient (Wildman–Crippen LogP) is 26.3. The zero-order chi connectivity index (χ0) is 63.5. The zero-order valence-electron chi connectivity index (χ0n) is 52.6. The van der Waals surface area contributed by atoms with Crippen LogP contribution in [0.4, 0.5) is 68.2 Å². The standard InChI is InChI=1S/C46H30N2.C46H32N2/c1-2-12-35-29-40(21-19-31(35)9-1)47(41-22-20-36-27-33-10-3-4-11-34(33)28-37(36)30-41)38-23-25-39(26-24-38)48-44-17-6-5-15-42(44)43-16-7-13-32-14-8-18-45(48)46(32)43;1-3-11-33(12-4-1)35-21-25-38(26-22-35)47(39-27-23-36(24-28-39)34-13-5-2-6-14-34)40-29-31-41(32-30-40)48-44-19-8-7-17-42(44)43-18-9-15-37-16-10-20-45(48)46(37)43/h1-30H;1-32H. The van der Waals surface area contributed by atoms with Crippen LogP contribution in [0.5, 0.6) is 0 Å². The number of hydrogen-bond acceptors (Lipinski definition) is 4. The van der Waals surface area contributed by atoms with E-state index in [2.05, 4.69) is 396 Å². The number of para-hydroxylation sites is 2. The van der Waals surface area contributed by atoms with Gasteiger partial charge >= 0.3 is 0 Å². The first-order valence-electron chi connectivity index (χ1n) is 33.0. The van der Waals surface area contributed by atoms with Gasteiger partial charge in [0.25, 0.3) is 0 Å². The van der Waals surface area contributed by atoms with Crippen molar-refractivity contribution in [1.29, 1.82) is 0 Å². The molecule has 0 saturated carbocycles. The number of anilines is 12. The van der Waals surface area contributed by atoms with E-state index in [-0.39, 0.29) is 0 Å². The smallest absolute Gasteiger partial charge is 0.0546 e. The van der Waals surface area contributed by atoms with E-state index in [4.69, 9.17) is 0 Å². The van der Waals surface area contributed by atoms with E-state index in [1.807, 2.05) is 0 Å². The van der Waals surface area contributed by atoms with E-state index in [0.29, 0.717) is 0 Å². The third-order valence-corrected chi connectivity index (χ3v) is 19.3. The molecule has 4 nitrogen and oxygen atoms in total. The first kappa shape index (κ1) is 56.0. The van der Waals surface area contributed by atoms with Crippen molar-refractivity contribution in [3.8, 4) is 44.5 Å². The fraction of sp³-hybridized carbons (Fsp3) is 0. The first-order valence-corrected chi connectivity index (χ1v) is 33.0. The fourth-order valence-corrected chi connectivity index (χ4v) is 14.7. The van der Waals surface area contributed by atoms with Crippen LogP contribution in [0.3, 0.4) is 0 Å². The largest absolute Gasteiger partial charge is 0.311 e. The Balaban J connectivity index is 0.000000140. The lowest BCUT2D eigenvalue weighted by Gasteiger charge is -2.34. The van der Waals surface area contributed by atoms with Gasteiger partial charge in [0.15, 0.2) is 0 Å². The molecule has 0 unspecified atom stereocenters. The van der Waals surface area contributed by atoms with Gasteiger partial charge in [-0.25, -0.2) is 0 Å². The van der Waals surface area contributed by atoms with Crippen molar-refractivity contribution in [3.05, 3.63) is 376 Å². The summed E-state index contributed by atoms with van der Waals surface area (Å²) in [6, 6.07) is 136. The maximum Gasteiger partial charge on any atom is 0.0546 e. The van der Waals surface area contributed by atoms with Crippen molar-refractivity contribution in [2.75, 3.05) is 19.6 Å². The molecule has 2 aliphatic heterocycles. The van der Waals surface area contributed by atoms with Crippen molar-refractivity contribution in [1.82, 2.24) is 0 Å². The van der Waals surface area contributed by atoms with E-state index in [1.165, 1.54) is 121 Å². The SMILES string of the molecule is c1ccc(-c2ccc(N(c3ccc(-c4ccccc4)cc3)c3ccc(N4c5ccccc5-c5cccc6cccc4c56)cc3)cc2)cc1.c1ccc2c(c1)-c1cccc3cccc(c13)N2c1ccc(N(c2ccc3ccccc3c2)c2ccc3cc4ccccc4cc3c2)cc1. The molecule has 0 aliphatic carbocycles. The lowest BCUT2D eigenvalue weighted by molar-refractivity contribution is 1.26. The van der Waals surface area contributed by atoms with Crippen LogP contribution in [0, 0.1) is 0 Å². The minimum atomic E-state index is 1.10. The minimum Gasteiger partial charge on any atom is -0.311 e. The van der Waals surface area contributed by atoms with Crippen LogP contribution in [-0.2, 0) is 0 Å². The van der Waals surface area contributed by atoms with Crippen LogP contribution in [0.15, 0.2) is 376 Å². The molecule has 17 aromatic rings. The van der Waals surface area contributed by atoms with Crippen LogP contribution in [0.2, 0.25) is 0 Å². The molecule has 0 N–H and O–H groups in total. The van der Waals surface area contributed by atoms with Crippen LogP contribution >= 0.6 is 0 Å². The minimum absolute atomic E-state index is 1.10. The summed E-state index contributed by atoms with van der Waals surface area (Å²) in [7, 11) is 0. The maximum atomic E-state index is 2.41.